The van der Waals surface area contributed by atoms with Crippen LogP contribution in [-0.4, -0.2) is 25.1 Å². The largest absolute Gasteiger partial charge is 0.333 e. The summed E-state index contributed by atoms with van der Waals surface area (Å²) in [5, 5.41) is 13.8. The zero-order valence-corrected chi connectivity index (χ0v) is 12.3. The minimum absolute atomic E-state index is 0.115. The van der Waals surface area contributed by atoms with E-state index in [1.165, 1.54) is 0 Å². The van der Waals surface area contributed by atoms with Crippen LogP contribution in [-0.2, 0) is 6.54 Å². The molecule has 3 aromatic heterocycles. The Morgan fingerprint density at radius 2 is 2.40 bits per heavy atom. The van der Waals surface area contributed by atoms with Crippen LogP contribution in [0.15, 0.2) is 28.2 Å². The lowest BCUT2D eigenvalue weighted by Crippen LogP contribution is -2.02. The van der Waals surface area contributed by atoms with Gasteiger partial charge in [-0.3, -0.25) is 0 Å². The molecule has 0 bridgehead atoms. The van der Waals surface area contributed by atoms with E-state index < -0.39 is 0 Å². The SMILES string of the molecule is CCC(Cl)c1cn(Cc2noc(-c3cccs3)n2)nn1. The molecule has 3 aromatic rings. The molecule has 0 saturated heterocycles. The Balaban J connectivity index is 1.73. The molecule has 1 unspecified atom stereocenters. The van der Waals surface area contributed by atoms with Crippen LogP contribution >= 0.6 is 22.9 Å². The summed E-state index contributed by atoms with van der Waals surface area (Å²) in [6.07, 6.45) is 2.62. The van der Waals surface area contributed by atoms with Gasteiger partial charge in [-0.25, -0.2) is 4.68 Å². The van der Waals surface area contributed by atoms with Crippen LogP contribution in [0.2, 0.25) is 0 Å². The summed E-state index contributed by atoms with van der Waals surface area (Å²) < 4.78 is 6.87. The zero-order chi connectivity index (χ0) is 13.9. The third-order valence-electron chi connectivity index (χ3n) is 2.74. The van der Waals surface area contributed by atoms with Crippen LogP contribution in [0, 0.1) is 0 Å². The van der Waals surface area contributed by atoms with E-state index in [1.807, 2.05) is 30.6 Å². The highest BCUT2D eigenvalue weighted by Crippen LogP contribution is 2.23. The maximum Gasteiger partial charge on any atom is 0.268 e. The number of hydrogen-bond donors (Lipinski definition) is 0. The van der Waals surface area contributed by atoms with Gasteiger partial charge in [0, 0.05) is 0 Å². The van der Waals surface area contributed by atoms with Crippen molar-refractivity contribution >= 4 is 22.9 Å². The molecule has 0 radical (unpaired) electrons. The number of hydrogen-bond acceptors (Lipinski definition) is 6. The molecule has 0 aliphatic carbocycles. The van der Waals surface area contributed by atoms with Gasteiger partial charge >= 0.3 is 0 Å². The molecular formula is C12H12ClN5OS. The van der Waals surface area contributed by atoms with Gasteiger partial charge < -0.3 is 4.52 Å². The average Bonchev–Trinajstić information content (AvgIpc) is 3.19. The highest BCUT2D eigenvalue weighted by molar-refractivity contribution is 7.13. The molecule has 0 N–H and O–H groups in total. The molecule has 0 fully saturated rings. The summed E-state index contributed by atoms with van der Waals surface area (Å²) in [6.45, 7) is 2.42. The van der Waals surface area contributed by atoms with Gasteiger partial charge in [0.2, 0.25) is 0 Å². The topological polar surface area (TPSA) is 69.6 Å². The molecule has 0 aliphatic rings. The molecule has 0 saturated carbocycles. The zero-order valence-electron chi connectivity index (χ0n) is 10.7. The second-order valence-corrected chi connectivity index (χ2v) is 5.68. The molecule has 104 valence electrons. The summed E-state index contributed by atoms with van der Waals surface area (Å²) in [6, 6.07) is 3.88. The Bertz CT molecular complexity index is 678. The van der Waals surface area contributed by atoms with Crippen molar-refractivity contribution in [1.82, 2.24) is 25.1 Å². The number of halogens is 1. The third-order valence-corrected chi connectivity index (χ3v) is 4.13. The molecular weight excluding hydrogens is 298 g/mol. The van der Waals surface area contributed by atoms with Gasteiger partial charge in [-0.1, -0.05) is 23.4 Å². The van der Waals surface area contributed by atoms with Gasteiger partial charge in [0.15, 0.2) is 5.82 Å². The number of alkyl halides is 1. The molecule has 20 heavy (non-hydrogen) atoms. The van der Waals surface area contributed by atoms with Crippen molar-refractivity contribution in [3.8, 4) is 10.8 Å². The molecule has 0 aromatic carbocycles. The van der Waals surface area contributed by atoms with Gasteiger partial charge in [0.1, 0.15) is 12.2 Å². The lowest BCUT2D eigenvalue weighted by molar-refractivity contribution is 0.419. The molecule has 3 heterocycles. The second kappa shape index (κ2) is 5.72. The van der Waals surface area contributed by atoms with E-state index in [9.17, 15) is 0 Å². The van der Waals surface area contributed by atoms with Crippen molar-refractivity contribution in [2.45, 2.75) is 25.3 Å². The minimum Gasteiger partial charge on any atom is -0.333 e. The quantitative estimate of drug-likeness (QED) is 0.677. The lowest BCUT2D eigenvalue weighted by Gasteiger charge is -1.98. The summed E-state index contributed by atoms with van der Waals surface area (Å²) in [7, 11) is 0. The Morgan fingerprint density at radius 1 is 1.50 bits per heavy atom. The van der Waals surface area contributed by atoms with Crippen molar-refractivity contribution in [3.05, 3.63) is 35.2 Å². The van der Waals surface area contributed by atoms with Crippen molar-refractivity contribution in [3.63, 3.8) is 0 Å². The average molecular weight is 310 g/mol. The normalized spacial score (nSPS) is 12.7. The van der Waals surface area contributed by atoms with Crippen molar-refractivity contribution in [2.24, 2.45) is 0 Å². The molecule has 1 atom stereocenters. The van der Waals surface area contributed by atoms with E-state index in [0.717, 1.165) is 17.0 Å². The van der Waals surface area contributed by atoms with E-state index >= 15 is 0 Å². The molecule has 6 nitrogen and oxygen atoms in total. The Hall–Kier alpha value is -1.73. The Labute approximate surface area is 124 Å². The van der Waals surface area contributed by atoms with E-state index in [0.29, 0.717) is 18.3 Å². The van der Waals surface area contributed by atoms with Gasteiger partial charge in [-0.05, 0) is 17.9 Å². The lowest BCUT2D eigenvalue weighted by atomic mass is 10.3. The van der Waals surface area contributed by atoms with Crippen molar-refractivity contribution < 1.29 is 4.52 Å². The monoisotopic (exact) mass is 309 g/mol. The highest BCUT2D eigenvalue weighted by atomic mass is 35.5. The fraction of sp³-hybridized carbons (Fsp3) is 0.333. The van der Waals surface area contributed by atoms with Crippen LogP contribution in [0.1, 0.15) is 30.2 Å². The van der Waals surface area contributed by atoms with Crippen molar-refractivity contribution in [1.29, 1.82) is 0 Å². The summed E-state index contributed by atoms with van der Waals surface area (Å²) in [5.41, 5.74) is 0.760. The number of rotatable bonds is 5. The van der Waals surface area contributed by atoms with Gasteiger partial charge in [0.25, 0.3) is 5.89 Å². The second-order valence-electron chi connectivity index (χ2n) is 4.21. The first-order chi connectivity index (χ1) is 9.76. The fourth-order valence-corrected chi connectivity index (χ4v) is 2.45. The van der Waals surface area contributed by atoms with Crippen LogP contribution < -0.4 is 0 Å². The van der Waals surface area contributed by atoms with Gasteiger partial charge in [-0.15, -0.1) is 28.0 Å². The van der Waals surface area contributed by atoms with Gasteiger partial charge in [-0.2, -0.15) is 4.98 Å². The summed E-state index contributed by atoms with van der Waals surface area (Å²) in [4.78, 5) is 5.29. The molecule has 0 spiro atoms. The van der Waals surface area contributed by atoms with E-state index in [2.05, 4.69) is 20.5 Å². The van der Waals surface area contributed by atoms with E-state index in [4.69, 9.17) is 16.1 Å². The molecule has 0 aliphatic heterocycles. The van der Waals surface area contributed by atoms with E-state index in [1.54, 1.807) is 16.0 Å². The first kappa shape index (κ1) is 13.3. The Kier molecular flexibility index (Phi) is 3.79. The third kappa shape index (κ3) is 2.73. The summed E-state index contributed by atoms with van der Waals surface area (Å²) in [5.74, 6) is 1.09. The minimum atomic E-state index is -0.115. The molecule has 8 heteroatoms. The number of aromatic nitrogens is 5. The summed E-state index contributed by atoms with van der Waals surface area (Å²) >= 11 is 7.67. The fourth-order valence-electron chi connectivity index (χ4n) is 1.71. The first-order valence-electron chi connectivity index (χ1n) is 6.17. The van der Waals surface area contributed by atoms with E-state index in [-0.39, 0.29) is 5.38 Å². The molecule has 0 amide bonds. The predicted molar refractivity (Wildman–Crippen MR) is 75.6 cm³/mol. The van der Waals surface area contributed by atoms with Crippen LogP contribution in [0.25, 0.3) is 10.8 Å². The predicted octanol–water partition coefficient (Wildman–Crippen LogP) is 3.13. The number of nitrogens with zero attached hydrogens (tertiary/aromatic N) is 5. The number of thiophene rings is 1. The van der Waals surface area contributed by atoms with Gasteiger partial charge in [0.05, 0.1) is 16.5 Å². The maximum atomic E-state index is 6.11. The molecule has 3 rings (SSSR count). The highest BCUT2D eigenvalue weighted by Gasteiger charge is 2.13. The standard InChI is InChI=1S/C12H12ClN5OS/c1-2-8(13)9-6-18(17-15-9)7-11-14-12(19-16-11)10-4-3-5-20-10/h3-6,8H,2,7H2,1H3. The van der Waals surface area contributed by atoms with Crippen molar-refractivity contribution in [2.75, 3.05) is 0 Å². The van der Waals surface area contributed by atoms with Crippen LogP contribution in [0.4, 0.5) is 0 Å². The van der Waals surface area contributed by atoms with Crippen LogP contribution in [0.3, 0.4) is 0 Å². The first-order valence-corrected chi connectivity index (χ1v) is 7.48. The van der Waals surface area contributed by atoms with Crippen LogP contribution in [0.5, 0.6) is 0 Å². The Morgan fingerprint density at radius 3 is 3.15 bits per heavy atom. The smallest absolute Gasteiger partial charge is 0.268 e. The maximum absolute atomic E-state index is 6.11.